The van der Waals surface area contributed by atoms with Crippen molar-refractivity contribution in [1.29, 1.82) is 0 Å². The molecule has 10 heteroatoms. The van der Waals surface area contributed by atoms with Crippen LogP contribution in [0.25, 0.3) is 10.2 Å². The third-order valence-corrected chi connectivity index (χ3v) is 6.17. The van der Waals surface area contributed by atoms with Crippen LogP contribution in [0, 0.1) is 10.1 Å². The van der Waals surface area contributed by atoms with Crippen LogP contribution in [0.15, 0.2) is 30.3 Å². The minimum Gasteiger partial charge on any atom is -0.494 e. The monoisotopic (exact) mass is 434 g/mol. The van der Waals surface area contributed by atoms with Crippen LogP contribution in [0.2, 0.25) is 0 Å². The largest absolute Gasteiger partial charge is 0.494 e. The number of benzene rings is 1. The molecule has 8 nitrogen and oxygen atoms in total. The summed E-state index contributed by atoms with van der Waals surface area (Å²) in [6.45, 7) is 3.78. The molecular formula is C19H22N4O4S2. The fourth-order valence-corrected chi connectivity index (χ4v) is 4.56. The number of nitro groups is 1. The Kier molecular flexibility index (Phi) is 6.78. The summed E-state index contributed by atoms with van der Waals surface area (Å²) in [7, 11) is 3.95. The van der Waals surface area contributed by atoms with Crippen LogP contribution in [0.5, 0.6) is 5.75 Å². The molecule has 0 spiro atoms. The molecule has 1 aromatic carbocycles. The zero-order valence-corrected chi connectivity index (χ0v) is 18.1. The summed E-state index contributed by atoms with van der Waals surface area (Å²) in [5, 5.41) is 11.5. The summed E-state index contributed by atoms with van der Waals surface area (Å²) >= 11 is 2.30. The number of thiazole rings is 1. The lowest BCUT2D eigenvalue weighted by Crippen LogP contribution is -2.32. The van der Waals surface area contributed by atoms with Gasteiger partial charge in [0, 0.05) is 12.6 Å². The Bertz CT molecular complexity index is 1010. The molecule has 0 radical (unpaired) electrons. The molecule has 0 aliphatic heterocycles. The maximum atomic E-state index is 13.1. The van der Waals surface area contributed by atoms with Gasteiger partial charge in [-0.1, -0.05) is 22.7 Å². The molecule has 0 bridgehead atoms. The normalized spacial score (nSPS) is 11.2. The van der Waals surface area contributed by atoms with Gasteiger partial charge in [0.15, 0.2) is 5.13 Å². The van der Waals surface area contributed by atoms with E-state index in [9.17, 15) is 14.9 Å². The molecule has 154 valence electrons. The molecule has 0 saturated carbocycles. The molecule has 1 amide bonds. The molecule has 0 saturated heterocycles. The highest BCUT2D eigenvalue weighted by molar-refractivity contribution is 7.22. The van der Waals surface area contributed by atoms with Crippen molar-refractivity contribution in [3.63, 3.8) is 0 Å². The van der Waals surface area contributed by atoms with Crippen LogP contribution < -0.4 is 9.64 Å². The SMILES string of the molecule is CCOc1ccc2nc(N(CCCN(C)C)C(=O)c3ccc([N+](=O)[O-])s3)sc2c1. The molecular weight excluding hydrogens is 412 g/mol. The number of aromatic nitrogens is 1. The second-order valence-corrected chi connectivity index (χ2v) is 8.64. The number of fused-ring (bicyclic) bond motifs is 1. The molecule has 29 heavy (non-hydrogen) atoms. The number of hydrogen-bond donors (Lipinski definition) is 0. The van der Waals surface area contributed by atoms with E-state index in [2.05, 4.69) is 4.98 Å². The first kappa shape index (κ1) is 21.2. The van der Waals surface area contributed by atoms with Crippen molar-refractivity contribution < 1.29 is 14.5 Å². The topological polar surface area (TPSA) is 88.8 Å². The molecule has 0 atom stereocenters. The van der Waals surface area contributed by atoms with E-state index in [4.69, 9.17) is 4.74 Å². The van der Waals surface area contributed by atoms with Crippen LogP contribution >= 0.6 is 22.7 Å². The number of hydrogen-bond acceptors (Lipinski definition) is 8. The number of carbonyl (C=O) groups is 1. The summed E-state index contributed by atoms with van der Waals surface area (Å²) in [6, 6.07) is 8.51. The highest BCUT2D eigenvalue weighted by Crippen LogP contribution is 2.33. The van der Waals surface area contributed by atoms with Gasteiger partial charge < -0.3 is 9.64 Å². The van der Waals surface area contributed by atoms with E-state index in [1.54, 1.807) is 4.90 Å². The Labute approximate surface area is 176 Å². The van der Waals surface area contributed by atoms with Crippen molar-refractivity contribution in [2.24, 2.45) is 0 Å². The molecule has 0 fully saturated rings. The highest BCUT2D eigenvalue weighted by Gasteiger charge is 2.24. The van der Waals surface area contributed by atoms with Crippen molar-refractivity contribution in [2.45, 2.75) is 13.3 Å². The third kappa shape index (κ3) is 5.08. The van der Waals surface area contributed by atoms with Gasteiger partial charge in [0.25, 0.3) is 5.91 Å². The fraction of sp³-hybridized carbons (Fsp3) is 0.368. The Morgan fingerprint density at radius 3 is 2.66 bits per heavy atom. The molecule has 0 unspecified atom stereocenters. The second kappa shape index (κ2) is 9.29. The van der Waals surface area contributed by atoms with E-state index in [1.807, 2.05) is 44.1 Å². The summed E-state index contributed by atoms with van der Waals surface area (Å²) in [5.41, 5.74) is 0.788. The van der Waals surface area contributed by atoms with E-state index in [0.29, 0.717) is 23.2 Å². The average Bonchev–Trinajstić information content (AvgIpc) is 3.31. The number of rotatable bonds is 9. The first-order valence-electron chi connectivity index (χ1n) is 9.13. The minimum absolute atomic E-state index is 0.0488. The zero-order valence-electron chi connectivity index (χ0n) is 16.5. The van der Waals surface area contributed by atoms with E-state index in [0.717, 1.165) is 40.3 Å². The van der Waals surface area contributed by atoms with Crippen LogP contribution in [-0.2, 0) is 0 Å². The summed E-state index contributed by atoms with van der Waals surface area (Å²) in [4.78, 5) is 32.3. The Balaban J connectivity index is 1.92. The van der Waals surface area contributed by atoms with Gasteiger partial charge in [0.05, 0.1) is 26.6 Å². The fourth-order valence-electron chi connectivity index (χ4n) is 2.77. The Morgan fingerprint density at radius 2 is 2.00 bits per heavy atom. The van der Waals surface area contributed by atoms with Crippen molar-refractivity contribution in [3.05, 3.63) is 45.3 Å². The number of nitrogens with zero attached hydrogens (tertiary/aromatic N) is 4. The van der Waals surface area contributed by atoms with Gasteiger partial charge in [-0.25, -0.2) is 4.98 Å². The van der Waals surface area contributed by atoms with Crippen molar-refractivity contribution in [1.82, 2.24) is 9.88 Å². The molecule has 2 aromatic heterocycles. The number of carbonyl (C=O) groups excluding carboxylic acids is 1. The maximum Gasteiger partial charge on any atom is 0.324 e. The van der Waals surface area contributed by atoms with Gasteiger partial charge in [0.1, 0.15) is 5.75 Å². The quantitative estimate of drug-likeness (QED) is 0.369. The van der Waals surface area contributed by atoms with Crippen LogP contribution in [0.4, 0.5) is 10.1 Å². The number of ether oxygens (including phenoxy) is 1. The average molecular weight is 435 g/mol. The molecule has 0 aliphatic rings. The van der Waals surface area contributed by atoms with Gasteiger partial charge >= 0.3 is 5.00 Å². The van der Waals surface area contributed by atoms with Gasteiger partial charge in [-0.05, 0) is 58.3 Å². The van der Waals surface area contributed by atoms with Gasteiger partial charge in [0.2, 0.25) is 0 Å². The summed E-state index contributed by atoms with van der Waals surface area (Å²) in [5.74, 6) is 0.487. The van der Waals surface area contributed by atoms with Crippen molar-refractivity contribution in [3.8, 4) is 5.75 Å². The van der Waals surface area contributed by atoms with E-state index < -0.39 is 4.92 Å². The number of thiophene rings is 1. The first-order valence-corrected chi connectivity index (χ1v) is 10.8. The maximum absolute atomic E-state index is 13.1. The predicted octanol–water partition coefficient (Wildman–Crippen LogP) is 4.26. The molecule has 0 aliphatic carbocycles. The standard InChI is InChI=1S/C19H22N4O4S2/c1-4-27-13-6-7-14-16(12-13)29-19(20-14)22(11-5-10-21(2)3)18(24)15-8-9-17(28-15)23(25)26/h6-9,12H,4-5,10-11H2,1-3H3. The zero-order chi connectivity index (χ0) is 21.0. The van der Waals surface area contributed by atoms with Crippen molar-refractivity contribution >= 4 is 48.9 Å². The lowest BCUT2D eigenvalue weighted by atomic mass is 10.3. The number of anilines is 1. The van der Waals surface area contributed by atoms with Crippen LogP contribution in [-0.4, -0.2) is 54.5 Å². The smallest absolute Gasteiger partial charge is 0.324 e. The predicted molar refractivity (Wildman–Crippen MR) is 117 cm³/mol. The summed E-state index contributed by atoms with van der Waals surface area (Å²) in [6.07, 6.45) is 0.756. The lowest BCUT2D eigenvalue weighted by molar-refractivity contribution is -0.380. The molecule has 0 N–H and O–H groups in total. The van der Waals surface area contributed by atoms with E-state index in [1.165, 1.54) is 23.5 Å². The number of amides is 1. The minimum atomic E-state index is -0.481. The van der Waals surface area contributed by atoms with E-state index >= 15 is 0 Å². The van der Waals surface area contributed by atoms with E-state index in [-0.39, 0.29) is 10.9 Å². The van der Waals surface area contributed by atoms with Crippen LogP contribution in [0.3, 0.4) is 0 Å². The lowest BCUT2D eigenvalue weighted by Gasteiger charge is -2.20. The second-order valence-electron chi connectivity index (χ2n) is 6.57. The third-order valence-electron chi connectivity index (χ3n) is 4.11. The van der Waals surface area contributed by atoms with Gasteiger partial charge in [-0.2, -0.15) is 0 Å². The van der Waals surface area contributed by atoms with Gasteiger partial charge in [-0.15, -0.1) is 0 Å². The van der Waals surface area contributed by atoms with Gasteiger partial charge in [-0.3, -0.25) is 19.8 Å². The molecule has 2 heterocycles. The molecule has 3 rings (SSSR count). The Morgan fingerprint density at radius 1 is 1.21 bits per heavy atom. The Hall–Kier alpha value is -2.56. The summed E-state index contributed by atoms with van der Waals surface area (Å²) < 4.78 is 6.47. The highest BCUT2D eigenvalue weighted by atomic mass is 32.1. The molecule has 3 aromatic rings. The van der Waals surface area contributed by atoms with Crippen molar-refractivity contribution in [2.75, 3.05) is 38.7 Å². The van der Waals surface area contributed by atoms with Crippen LogP contribution in [0.1, 0.15) is 23.0 Å². The first-order chi connectivity index (χ1) is 13.9.